The van der Waals surface area contributed by atoms with E-state index in [9.17, 15) is 19.2 Å². The molecule has 4 rings (SSSR count). The van der Waals surface area contributed by atoms with Gasteiger partial charge < -0.3 is 0 Å². The van der Waals surface area contributed by atoms with E-state index in [4.69, 9.17) is 23.2 Å². The number of likely N-dealkylation sites (tertiary alicyclic amines) is 2. The number of rotatable bonds is 7. The molecule has 0 aromatic carbocycles. The van der Waals surface area contributed by atoms with Gasteiger partial charge >= 0.3 is 0 Å². The molecule has 4 amide bonds. The first-order valence-electron chi connectivity index (χ1n) is 10.9. The Morgan fingerprint density at radius 2 is 1.23 bits per heavy atom. The third-order valence-corrected chi connectivity index (χ3v) is 7.45. The molecule has 2 saturated heterocycles. The largest absolute Gasteiger partial charge is 0.274 e. The molecule has 0 aromatic heterocycles. The van der Waals surface area contributed by atoms with Crippen LogP contribution in [0.2, 0.25) is 0 Å². The zero-order valence-electron chi connectivity index (χ0n) is 17.6. The van der Waals surface area contributed by atoms with Crippen LogP contribution in [0.5, 0.6) is 0 Å². The van der Waals surface area contributed by atoms with Gasteiger partial charge in [-0.1, -0.05) is 48.7 Å². The summed E-state index contributed by atoms with van der Waals surface area (Å²) in [5.74, 6) is -2.38. The molecule has 2 heterocycles. The van der Waals surface area contributed by atoms with Crippen molar-refractivity contribution >= 4 is 46.8 Å². The minimum Gasteiger partial charge on any atom is -0.274 e. The van der Waals surface area contributed by atoms with E-state index in [2.05, 4.69) is 0 Å². The zero-order chi connectivity index (χ0) is 22.3. The minimum atomic E-state index is -0.413. The van der Waals surface area contributed by atoms with Crippen molar-refractivity contribution < 1.29 is 19.2 Å². The van der Waals surface area contributed by atoms with Crippen molar-refractivity contribution in [3.8, 4) is 0 Å². The molecule has 0 aromatic rings. The van der Waals surface area contributed by atoms with E-state index < -0.39 is 11.8 Å². The highest BCUT2D eigenvalue weighted by atomic mass is 35.5. The topological polar surface area (TPSA) is 78.0 Å². The van der Waals surface area contributed by atoms with Gasteiger partial charge in [0.25, 0.3) is 0 Å². The molecule has 9 heteroatoms. The lowest BCUT2D eigenvalue weighted by Crippen LogP contribution is -2.48. The van der Waals surface area contributed by atoms with Gasteiger partial charge in [0.1, 0.15) is 0 Å². The molecule has 31 heavy (non-hydrogen) atoms. The van der Waals surface area contributed by atoms with Crippen LogP contribution in [0.4, 0.5) is 0 Å². The number of imide groups is 2. The lowest BCUT2D eigenvalue weighted by molar-refractivity contribution is -0.145. The third kappa shape index (κ3) is 4.20. The van der Waals surface area contributed by atoms with Gasteiger partial charge in [-0.2, -0.15) is 0 Å². The van der Waals surface area contributed by atoms with Crippen molar-refractivity contribution in [2.45, 2.75) is 45.4 Å². The average Bonchev–Trinajstić information content (AvgIpc) is 3.11. The van der Waals surface area contributed by atoms with Crippen LogP contribution in [0.25, 0.3) is 0 Å². The average molecular weight is 468 g/mol. The van der Waals surface area contributed by atoms with E-state index in [0.717, 1.165) is 12.8 Å². The number of fused-ring (bicyclic) bond motifs is 2. The van der Waals surface area contributed by atoms with Gasteiger partial charge in [-0.25, -0.2) is 0 Å². The molecular formula is C22H27Cl2N3O4. The summed E-state index contributed by atoms with van der Waals surface area (Å²) < 4.78 is 0. The Morgan fingerprint density at radius 3 is 1.65 bits per heavy atom. The molecule has 0 unspecified atom stereocenters. The van der Waals surface area contributed by atoms with Gasteiger partial charge in [0.2, 0.25) is 23.6 Å². The smallest absolute Gasteiger partial charge is 0.234 e. The van der Waals surface area contributed by atoms with Crippen molar-refractivity contribution in [2.24, 2.45) is 23.7 Å². The van der Waals surface area contributed by atoms with E-state index in [1.54, 1.807) is 0 Å². The molecule has 0 spiro atoms. The van der Waals surface area contributed by atoms with E-state index in [1.165, 1.54) is 9.80 Å². The summed E-state index contributed by atoms with van der Waals surface area (Å²) in [6.07, 6.45) is 7.09. The van der Waals surface area contributed by atoms with Crippen LogP contribution >= 0.6 is 23.2 Å². The number of halogens is 2. The van der Waals surface area contributed by atoms with E-state index in [-0.39, 0.29) is 48.8 Å². The van der Waals surface area contributed by atoms with Crippen molar-refractivity contribution in [1.82, 2.24) is 14.7 Å². The number of carbonyl (C=O) groups excluding carboxylic acids is 4. The Kier molecular flexibility index (Phi) is 6.56. The summed E-state index contributed by atoms with van der Waals surface area (Å²) >= 11 is 12.2. The first kappa shape index (κ1) is 22.5. The number of hydrogen-bond donors (Lipinski definition) is 0. The first-order valence-corrected chi connectivity index (χ1v) is 11.7. The molecule has 4 aliphatic rings. The Hall–Kier alpha value is -1.70. The predicted molar refractivity (Wildman–Crippen MR) is 115 cm³/mol. The quantitative estimate of drug-likeness (QED) is 0.537. The minimum absolute atomic E-state index is 0.0771. The van der Waals surface area contributed by atoms with Crippen molar-refractivity contribution in [1.29, 1.82) is 0 Å². The van der Waals surface area contributed by atoms with Gasteiger partial charge in [0, 0.05) is 16.6 Å². The number of hydrogen-bond acceptors (Lipinski definition) is 5. The Balaban J connectivity index is 1.47. The maximum atomic E-state index is 12.9. The summed E-state index contributed by atoms with van der Waals surface area (Å²) in [7, 11) is 0. The molecule has 2 aliphatic heterocycles. The van der Waals surface area contributed by atoms with Crippen LogP contribution in [0.3, 0.4) is 0 Å². The molecule has 4 atom stereocenters. The molecular weight excluding hydrogens is 441 g/mol. The van der Waals surface area contributed by atoms with Gasteiger partial charge in [-0.3, -0.25) is 33.9 Å². The molecule has 7 nitrogen and oxygen atoms in total. The number of carbonyl (C=O) groups is 4. The number of amides is 4. The lowest BCUT2D eigenvalue weighted by atomic mass is 9.85. The maximum Gasteiger partial charge on any atom is 0.234 e. The normalized spacial score (nSPS) is 30.7. The summed E-state index contributed by atoms with van der Waals surface area (Å²) in [5, 5.41) is 1.24. The highest BCUT2D eigenvalue weighted by Crippen LogP contribution is 2.40. The van der Waals surface area contributed by atoms with Gasteiger partial charge in [0.15, 0.2) is 0 Å². The Labute approximate surface area is 192 Å². The van der Waals surface area contributed by atoms with Crippen LogP contribution in [0.1, 0.15) is 45.4 Å². The second-order valence-corrected chi connectivity index (χ2v) is 9.82. The van der Waals surface area contributed by atoms with Gasteiger partial charge in [0.05, 0.1) is 37.0 Å². The summed E-state index contributed by atoms with van der Waals surface area (Å²) in [6, 6.07) is 0. The third-order valence-electron chi connectivity index (χ3n) is 6.83. The number of unbranched alkanes of at least 4 members (excludes halogenated alkanes) is 1. The molecule has 2 fully saturated rings. The van der Waals surface area contributed by atoms with Crippen LogP contribution < -0.4 is 0 Å². The van der Waals surface area contributed by atoms with Crippen LogP contribution in [-0.4, -0.2) is 58.2 Å². The fourth-order valence-electron chi connectivity index (χ4n) is 5.04. The van der Waals surface area contributed by atoms with Gasteiger partial charge in [-0.15, -0.1) is 0 Å². The van der Waals surface area contributed by atoms with E-state index >= 15 is 0 Å². The lowest BCUT2D eigenvalue weighted by Gasteiger charge is -2.30. The van der Waals surface area contributed by atoms with Gasteiger partial charge in [-0.05, 0) is 32.1 Å². The van der Waals surface area contributed by atoms with Crippen molar-refractivity contribution in [3.63, 3.8) is 0 Å². The molecule has 168 valence electrons. The van der Waals surface area contributed by atoms with E-state index in [1.807, 2.05) is 24.0 Å². The highest BCUT2D eigenvalue weighted by Gasteiger charge is 2.51. The van der Waals surface area contributed by atoms with Crippen molar-refractivity contribution in [2.75, 3.05) is 19.9 Å². The summed E-state index contributed by atoms with van der Waals surface area (Å²) in [4.78, 5) is 56.1. The fraction of sp³-hybridized carbons (Fsp3) is 0.636. The van der Waals surface area contributed by atoms with E-state index in [0.29, 0.717) is 42.3 Å². The monoisotopic (exact) mass is 467 g/mol. The predicted octanol–water partition coefficient (Wildman–Crippen LogP) is 3.04. The number of allylic oxidation sites excluding steroid dienone is 4. The van der Waals surface area contributed by atoms with Crippen LogP contribution in [0.15, 0.2) is 22.2 Å². The zero-order valence-corrected chi connectivity index (χ0v) is 19.1. The standard InChI is InChI=1S/C22H27Cl2N3O4/c1-2-3-8-25(11-26-19(28)15-6-4-13(23)9-17(15)21(26)30)12-27-20(29)16-7-5-14(24)10-18(16)22(27)31/h4-5,15-18H,2-3,6-12H2,1H3/t15-,16+,17+,18-. The van der Waals surface area contributed by atoms with Crippen LogP contribution in [-0.2, 0) is 19.2 Å². The maximum absolute atomic E-state index is 12.9. The molecule has 0 N–H and O–H groups in total. The molecule has 0 radical (unpaired) electrons. The van der Waals surface area contributed by atoms with Crippen molar-refractivity contribution in [3.05, 3.63) is 22.2 Å². The highest BCUT2D eigenvalue weighted by molar-refractivity contribution is 6.30. The molecule has 0 bridgehead atoms. The SMILES string of the molecule is CCCCN(CN1C(=O)[C@H]2CC(Cl)=CC[C@H]2C1=O)CN1C(=O)[C@H]2CC=C(Cl)C[C@H]2C1=O. The Bertz CT molecular complexity index is 805. The Morgan fingerprint density at radius 1 is 0.806 bits per heavy atom. The second-order valence-electron chi connectivity index (χ2n) is 8.85. The molecule has 2 aliphatic carbocycles. The van der Waals surface area contributed by atoms with Crippen LogP contribution in [0, 0.1) is 23.7 Å². The number of nitrogens with zero attached hydrogens (tertiary/aromatic N) is 3. The molecule has 0 saturated carbocycles. The second kappa shape index (κ2) is 9.04. The summed E-state index contributed by atoms with van der Waals surface area (Å²) in [5.41, 5.74) is 0. The first-order chi connectivity index (χ1) is 14.8. The summed E-state index contributed by atoms with van der Waals surface area (Å²) in [6.45, 7) is 2.77. The fourth-order valence-corrected chi connectivity index (χ4v) is 5.55.